The average Bonchev–Trinajstić information content (AvgIpc) is 2.73. The summed E-state index contributed by atoms with van der Waals surface area (Å²) in [6.07, 6.45) is 0.912. The van der Waals surface area contributed by atoms with Gasteiger partial charge in [-0.2, -0.15) is 4.31 Å². The van der Waals surface area contributed by atoms with Crippen LogP contribution < -0.4 is 0 Å². The molecule has 0 atom stereocenters. The minimum absolute atomic E-state index is 0.0289. The molecule has 0 saturated heterocycles. The summed E-state index contributed by atoms with van der Waals surface area (Å²) in [5, 5.41) is 10.0. The first-order valence-corrected chi connectivity index (χ1v) is 11.0. The Hall–Kier alpha value is -2.77. The molecule has 0 radical (unpaired) electrons. The number of fused-ring (bicyclic) bond motifs is 1. The van der Waals surface area contributed by atoms with Crippen molar-refractivity contribution in [2.75, 3.05) is 13.1 Å². The third-order valence-corrected chi connectivity index (χ3v) is 7.06. The highest BCUT2D eigenvalue weighted by Gasteiger charge is 2.23. The molecule has 6 nitrogen and oxygen atoms in total. The van der Waals surface area contributed by atoms with Gasteiger partial charge in [0.05, 0.1) is 21.7 Å². The van der Waals surface area contributed by atoms with Crippen molar-refractivity contribution in [3.05, 3.63) is 59.7 Å². The number of hydrogen-bond donors (Lipinski definition) is 1. The van der Waals surface area contributed by atoms with E-state index < -0.39 is 16.0 Å². The number of sulfonamides is 1. The molecular formula is C22H24N2O4S. The number of carbonyl (C=O) groups is 1. The topological polar surface area (TPSA) is 87.6 Å². The summed E-state index contributed by atoms with van der Waals surface area (Å²) in [6.45, 7) is 6.28. The van der Waals surface area contributed by atoms with Gasteiger partial charge >= 0.3 is 5.97 Å². The molecule has 0 bridgehead atoms. The van der Waals surface area contributed by atoms with Crippen molar-refractivity contribution < 1.29 is 18.3 Å². The van der Waals surface area contributed by atoms with Crippen molar-refractivity contribution >= 4 is 26.9 Å². The summed E-state index contributed by atoms with van der Waals surface area (Å²) in [4.78, 5) is 16.6. The molecule has 29 heavy (non-hydrogen) atoms. The summed E-state index contributed by atoms with van der Waals surface area (Å²) in [5.74, 6) is -1.12. The molecule has 0 saturated carbocycles. The Balaban J connectivity index is 2.18. The van der Waals surface area contributed by atoms with Crippen molar-refractivity contribution in [2.24, 2.45) is 0 Å². The fraction of sp³-hybridized carbons (Fsp3) is 0.273. The lowest BCUT2D eigenvalue weighted by Crippen LogP contribution is -2.30. The second-order valence-electron chi connectivity index (χ2n) is 6.68. The van der Waals surface area contributed by atoms with Crippen LogP contribution >= 0.6 is 0 Å². The Morgan fingerprint density at radius 3 is 2.21 bits per heavy atom. The van der Waals surface area contributed by atoms with E-state index in [1.165, 1.54) is 28.1 Å². The SMILES string of the molecule is CCc1ccc(-c2cc(C(=O)O)c3cc(S(=O)(=O)N(CC)CC)ccc3n2)cc1. The molecule has 3 rings (SSSR count). The molecule has 2 aromatic carbocycles. The highest BCUT2D eigenvalue weighted by atomic mass is 32.2. The van der Waals surface area contributed by atoms with Crippen LogP contribution in [-0.2, 0) is 16.4 Å². The van der Waals surface area contributed by atoms with Gasteiger partial charge in [-0.3, -0.25) is 0 Å². The molecule has 0 spiro atoms. The Labute approximate surface area is 170 Å². The number of carboxylic acid groups (broad SMARTS) is 1. The molecule has 0 aliphatic heterocycles. The summed E-state index contributed by atoms with van der Waals surface area (Å²) in [6, 6.07) is 13.8. The van der Waals surface area contributed by atoms with E-state index in [0.29, 0.717) is 29.7 Å². The van der Waals surface area contributed by atoms with Crippen LogP contribution in [0.15, 0.2) is 53.4 Å². The van der Waals surface area contributed by atoms with E-state index >= 15 is 0 Å². The predicted octanol–water partition coefficient (Wildman–Crippen LogP) is 4.19. The molecular weight excluding hydrogens is 388 g/mol. The molecule has 0 aliphatic rings. The van der Waals surface area contributed by atoms with Gasteiger partial charge in [-0.1, -0.05) is 45.0 Å². The molecule has 0 amide bonds. The third kappa shape index (κ3) is 4.02. The second-order valence-corrected chi connectivity index (χ2v) is 8.62. The smallest absolute Gasteiger partial charge is 0.336 e. The first kappa shape index (κ1) is 21.0. The van der Waals surface area contributed by atoms with Gasteiger partial charge in [0.1, 0.15) is 0 Å². The van der Waals surface area contributed by atoms with Crippen molar-refractivity contribution in [2.45, 2.75) is 32.1 Å². The predicted molar refractivity (Wildman–Crippen MR) is 114 cm³/mol. The molecule has 1 aromatic heterocycles. The van der Waals surface area contributed by atoms with E-state index in [-0.39, 0.29) is 10.5 Å². The quantitative estimate of drug-likeness (QED) is 0.629. The van der Waals surface area contributed by atoms with Gasteiger partial charge in [-0.05, 0) is 36.2 Å². The monoisotopic (exact) mass is 412 g/mol. The van der Waals surface area contributed by atoms with Crippen LogP contribution in [-0.4, -0.2) is 41.9 Å². The molecule has 1 N–H and O–H groups in total. The second kappa shape index (κ2) is 8.31. The Morgan fingerprint density at radius 2 is 1.66 bits per heavy atom. The van der Waals surface area contributed by atoms with E-state index in [0.717, 1.165) is 12.0 Å². The lowest BCUT2D eigenvalue weighted by atomic mass is 10.0. The van der Waals surface area contributed by atoms with Crippen LogP contribution in [0.2, 0.25) is 0 Å². The van der Waals surface area contributed by atoms with E-state index in [1.807, 2.05) is 24.3 Å². The number of hydrogen-bond acceptors (Lipinski definition) is 4. The maximum Gasteiger partial charge on any atom is 0.336 e. The Kier molecular flexibility index (Phi) is 6.00. The molecule has 0 fully saturated rings. The Bertz CT molecular complexity index is 1150. The summed E-state index contributed by atoms with van der Waals surface area (Å²) in [5.41, 5.74) is 3.00. The van der Waals surface area contributed by atoms with E-state index in [4.69, 9.17) is 0 Å². The number of pyridine rings is 1. The number of aromatic nitrogens is 1. The molecule has 152 valence electrons. The molecule has 3 aromatic rings. The first-order chi connectivity index (χ1) is 13.8. The fourth-order valence-corrected chi connectivity index (χ4v) is 4.80. The van der Waals surface area contributed by atoms with Gasteiger partial charge in [0.2, 0.25) is 10.0 Å². The number of aryl methyl sites for hydroxylation is 1. The number of carboxylic acids is 1. The van der Waals surface area contributed by atoms with Crippen LogP contribution in [0.5, 0.6) is 0 Å². The van der Waals surface area contributed by atoms with E-state index in [1.54, 1.807) is 19.9 Å². The highest BCUT2D eigenvalue weighted by Crippen LogP contribution is 2.28. The minimum Gasteiger partial charge on any atom is -0.478 e. The van der Waals surface area contributed by atoms with Crippen molar-refractivity contribution in [1.29, 1.82) is 0 Å². The maximum absolute atomic E-state index is 12.8. The highest BCUT2D eigenvalue weighted by molar-refractivity contribution is 7.89. The summed E-state index contributed by atoms with van der Waals surface area (Å²) < 4.78 is 27.0. The summed E-state index contributed by atoms with van der Waals surface area (Å²) >= 11 is 0. The van der Waals surface area contributed by atoms with Gasteiger partial charge in [0.25, 0.3) is 0 Å². The molecule has 1 heterocycles. The minimum atomic E-state index is -3.69. The zero-order valence-corrected chi connectivity index (χ0v) is 17.5. The van der Waals surface area contributed by atoms with Crippen LogP contribution in [0.3, 0.4) is 0 Å². The molecule has 0 unspecified atom stereocenters. The largest absolute Gasteiger partial charge is 0.478 e. The fourth-order valence-electron chi connectivity index (χ4n) is 3.31. The van der Waals surface area contributed by atoms with Crippen LogP contribution in [0.4, 0.5) is 0 Å². The molecule has 0 aliphatic carbocycles. The van der Waals surface area contributed by atoms with Crippen LogP contribution in [0.1, 0.15) is 36.7 Å². The van der Waals surface area contributed by atoms with Gasteiger partial charge in [-0.25, -0.2) is 18.2 Å². The maximum atomic E-state index is 12.8. The number of aromatic carboxylic acids is 1. The van der Waals surface area contributed by atoms with Gasteiger partial charge in [-0.15, -0.1) is 0 Å². The number of benzene rings is 2. The summed E-state index contributed by atoms with van der Waals surface area (Å²) in [7, 11) is -3.69. The first-order valence-electron chi connectivity index (χ1n) is 9.59. The average molecular weight is 413 g/mol. The van der Waals surface area contributed by atoms with Crippen LogP contribution in [0.25, 0.3) is 22.2 Å². The van der Waals surface area contributed by atoms with E-state index in [9.17, 15) is 18.3 Å². The van der Waals surface area contributed by atoms with Crippen molar-refractivity contribution in [3.63, 3.8) is 0 Å². The zero-order chi connectivity index (χ0) is 21.2. The van der Waals surface area contributed by atoms with E-state index in [2.05, 4.69) is 11.9 Å². The number of rotatable bonds is 7. The van der Waals surface area contributed by atoms with Crippen molar-refractivity contribution in [1.82, 2.24) is 9.29 Å². The van der Waals surface area contributed by atoms with Gasteiger partial charge in [0, 0.05) is 24.0 Å². The van der Waals surface area contributed by atoms with Crippen LogP contribution in [0, 0.1) is 0 Å². The number of nitrogens with zero attached hydrogens (tertiary/aromatic N) is 2. The standard InChI is InChI=1S/C22H24N2O4S/c1-4-15-7-9-16(10-8-15)21-14-19(22(25)26)18-13-17(11-12-20(18)23-21)29(27,28)24(5-2)6-3/h7-14H,4-6H2,1-3H3,(H,25,26). The third-order valence-electron chi connectivity index (χ3n) is 5.01. The van der Waals surface area contributed by atoms with Crippen molar-refractivity contribution in [3.8, 4) is 11.3 Å². The molecule has 7 heteroatoms. The lowest BCUT2D eigenvalue weighted by molar-refractivity contribution is 0.0699. The zero-order valence-electron chi connectivity index (χ0n) is 16.7. The van der Waals surface area contributed by atoms with Gasteiger partial charge in [0.15, 0.2) is 0 Å². The Morgan fingerprint density at radius 1 is 1.00 bits per heavy atom. The lowest BCUT2D eigenvalue weighted by Gasteiger charge is -2.19. The van der Waals surface area contributed by atoms with Gasteiger partial charge < -0.3 is 5.11 Å². The normalized spacial score (nSPS) is 11.9.